The molecule has 0 unspecified atom stereocenters. The Morgan fingerprint density at radius 3 is 2.96 bits per heavy atom. The third kappa shape index (κ3) is 3.74. The highest BCUT2D eigenvalue weighted by Crippen LogP contribution is 2.39. The van der Waals surface area contributed by atoms with Crippen molar-refractivity contribution in [1.29, 1.82) is 0 Å². The SMILES string of the molecule is c1csc(CCNc2nc(CN3CCOCC3)nc3sc4c(c23)CCC4)c1. The van der Waals surface area contributed by atoms with Crippen molar-refractivity contribution in [3.63, 3.8) is 0 Å². The fraction of sp³-hybridized carbons (Fsp3) is 0.500. The lowest BCUT2D eigenvalue weighted by atomic mass is 10.2. The summed E-state index contributed by atoms with van der Waals surface area (Å²) in [5.41, 5.74) is 1.49. The van der Waals surface area contributed by atoms with E-state index in [0.717, 1.165) is 62.3 Å². The Labute approximate surface area is 167 Å². The van der Waals surface area contributed by atoms with E-state index in [9.17, 15) is 0 Å². The summed E-state index contributed by atoms with van der Waals surface area (Å²) in [6.45, 7) is 5.26. The van der Waals surface area contributed by atoms with Crippen LogP contribution in [-0.4, -0.2) is 47.7 Å². The van der Waals surface area contributed by atoms with Crippen LogP contribution in [0.25, 0.3) is 10.2 Å². The van der Waals surface area contributed by atoms with E-state index in [1.165, 1.54) is 40.0 Å². The fourth-order valence-electron chi connectivity index (χ4n) is 3.96. The van der Waals surface area contributed by atoms with Gasteiger partial charge in [-0.05, 0) is 42.7 Å². The van der Waals surface area contributed by atoms with Gasteiger partial charge in [0.25, 0.3) is 0 Å². The lowest BCUT2D eigenvalue weighted by molar-refractivity contribution is 0.0331. The maximum absolute atomic E-state index is 5.47. The van der Waals surface area contributed by atoms with Crippen molar-refractivity contribution >= 4 is 38.7 Å². The number of hydrogen-bond donors (Lipinski definition) is 1. The predicted molar refractivity (Wildman–Crippen MR) is 112 cm³/mol. The van der Waals surface area contributed by atoms with Crippen molar-refractivity contribution in [1.82, 2.24) is 14.9 Å². The highest BCUT2D eigenvalue weighted by Gasteiger charge is 2.23. The molecule has 1 aliphatic heterocycles. The van der Waals surface area contributed by atoms with Crippen LogP contribution in [-0.2, 0) is 30.5 Å². The molecule has 1 aliphatic carbocycles. The van der Waals surface area contributed by atoms with Crippen LogP contribution in [0.5, 0.6) is 0 Å². The summed E-state index contributed by atoms with van der Waals surface area (Å²) in [4.78, 5) is 16.4. The number of fused-ring (bicyclic) bond motifs is 3. The summed E-state index contributed by atoms with van der Waals surface area (Å²) >= 11 is 3.70. The molecule has 0 saturated carbocycles. The number of thiophene rings is 2. The van der Waals surface area contributed by atoms with Gasteiger partial charge in [-0.2, -0.15) is 0 Å². The topological polar surface area (TPSA) is 50.3 Å². The molecule has 4 heterocycles. The molecule has 0 radical (unpaired) electrons. The van der Waals surface area contributed by atoms with Gasteiger partial charge < -0.3 is 10.1 Å². The molecule has 5 rings (SSSR count). The molecule has 7 heteroatoms. The second-order valence-electron chi connectivity index (χ2n) is 7.17. The van der Waals surface area contributed by atoms with E-state index in [-0.39, 0.29) is 0 Å². The molecule has 142 valence electrons. The monoisotopic (exact) mass is 400 g/mol. The molecule has 2 aliphatic rings. The quantitative estimate of drug-likeness (QED) is 0.683. The minimum atomic E-state index is 0.807. The van der Waals surface area contributed by atoms with Crippen LogP contribution < -0.4 is 5.32 Å². The zero-order valence-electron chi connectivity index (χ0n) is 15.4. The first-order chi connectivity index (χ1) is 13.4. The van der Waals surface area contributed by atoms with Crippen LogP contribution in [0.3, 0.4) is 0 Å². The smallest absolute Gasteiger partial charge is 0.146 e. The molecular formula is C20H24N4OS2. The molecule has 0 aromatic carbocycles. The van der Waals surface area contributed by atoms with Crippen molar-refractivity contribution in [2.75, 3.05) is 38.2 Å². The Bertz CT molecular complexity index is 916. The number of hydrogen-bond acceptors (Lipinski definition) is 7. The van der Waals surface area contributed by atoms with Gasteiger partial charge in [0.1, 0.15) is 16.5 Å². The van der Waals surface area contributed by atoms with E-state index in [1.807, 2.05) is 22.7 Å². The molecule has 27 heavy (non-hydrogen) atoms. The molecule has 1 N–H and O–H groups in total. The highest BCUT2D eigenvalue weighted by molar-refractivity contribution is 7.19. The van der Waals surface area contributed by atoms with Gasteiger partial charge in [-0.15, -0.1) is 22.7 Å². The van der Waals surface area contributed by atoms with Crippen molar-refractivity contribution < 1.29 is 4.74 Å². The van der Waals surface area contributed by atoms with Crippen LogP contribution in [0, 0.1) is 0 Å². The summed E-state index contributed by atoms with van der Waals surface area (Å²) in [7, 11) is 0. The van der Waals surface area contributed by atoms with E-state index in [0.29, 0.717) is 0 Å². The van der Waals surface area contributed by atoms with Gasteiger partial charge in [0.05, 0.1) is 25.1 Å². The number of anilines is 1. The van der Waals surface area contributed by atoms with E-state index in [1.54, 1.807) is 0 Å². The Hall–Kier alpha value is -1.54. The van der Waals surface area contributed by atoms with Gasteiger partial charge in [0.15, 0.2) is 0 Å². The van der Waals surface area contributed by atoms with Crippen molar-refractivity contribution in [2.24, 2.45) is 0 Å². The Morgan fingerprint density at radius 1 is 1.19 bits per heavy atom. The van der Waals surface area contributed by atoms with E-state index in [4.69, 9.17) is 14.7 Å². The maximum Gasteiger partial charge on any atom is 0.146 e. The summed E-state index contributed by atoms with van der Waals surface area (Å²) in [6.07, 6.45) is 4.67. The molecule has 0 amide bonds. The first kappa shape index (κ1) is 17.6. The second kappa shape index (κ2) is 7.83. The Morgan fingerprint density at radius 2 is 2.11 bits per heavy atom. The van der Waals surface area contributed by atoms with Gasteiger partial charge in [-0.1, -0.05) is 6.07 Å². The minimum Gasteiger partial charge on any atom is -0.379 e. The van der Waals surface area contributed by atoms with E-state index < -0.39 is 0 Å². The first-order valence-corrected chi connectivity index (χ1v) is 11.4. The molecule has 3 aromatic rings. The molecule has 1 saturated heterocycles. The number of nitrogens with zero attached hydrogens (tertiary/aromatic N) is 3. The summed E-state index contributed by atoms with van der Waals surface area (Å²) < 4.78 is 5.47. The zero-order chi connectivity index (χ0) is 18.1. The number of morpholine rings is 1. The predicted octanol–water partition coefficient (Wildman–Crippen LogP) is 3.73. The second-order valence-corrected chi connectivity index (χ2v) is 9.29. The number of aromatic nitrogens is 2. The average Bonchev–Trinajstić information content (AvgIpc) is 3.39. The first-order valence-electron chi connectivity index (χ1n) is 9.74. The zero-order valence-corrected chi connectivity index (χ0v) is 17.0. The van der Waals surface area contributed by atoms with Crippen molar-refractivity contribution in [3.8, 4) is 0 Å². The third-order valence-corrected chi connectivity index (χ3v) is 7.45. The number of ether oxygens (including phenoxy) is 1. The van der Waals surface area contributed by atoms with Crippen LogP contribution in [0.15, 0.2) is 17.5 Å². The Balaban J connectivity index is 1.42. The molecular weight excluding hydrogens is 376 g/mol. The summed E-state index contributed by atoms with van der Waals surface area (Å²) in [6, 6.07) is 4.32. The summed E-state index contributed by atoms with van der Waals surface area (Å²) in [5, 5.41) is 7.06. The molecule has 0 spiro atoms. The Kier molecular flexibility index (Phi) is 5.09. The van der Waals surface area contributed by atoms with Crippen LogP contribution >= 0.6 is 22.7 Å². The molecule has 3 aromatic heterocycles. The van der Waals surface area contributed by atoms with Crippen LogP contribution in [0.2, 0.25) is 0 Å². The van der Waals surface area contributed by atoms with Gasteiger partial charge in [-0.3, -0.25) is 4.90 Å². The van der Waals surface area contributed by atoms with E-state index >= 15 is 0 Å². The number of rotatable bonds is 6. The van der Waals surface area contributed by atoms with Crippen LogP contribution in [0.1, 0.15) is 27.6 Å². The average molecular weight is 401 g/mol. The third-order valence-electron chi connectivity index (χ3n) is 5.32. The number of nitrogens with one attached hydrogen (secondary N) is 1. The standard InChI is InChI=1S/C20H24N4OS2/c1-4-15-16(5-1)27-20-18(15)19(21-7-6-14-3-2-12-26-14)22-17(23-20)13-24-8-10-25-11-9-24/h2-3,12H,1,4-11,13H2,(H,21,22,23). The number of aryl methyl sites for hydroxylation is 2. The van der Waals surface area contributed by atoms with Gasteiger partial charge in [-0.25, -0.2) is 9.97 Å². The lowest BCUT2D eigenvalue weighted by Gasteiger charge is -2.25. The van der Waals surface area contributed by atoms with Gasteiger partial charge in [0, 0.05) is 29.4 Å². The molecule has 5 nitrogen and oxygen atoms in total. The van der Waals surface area contributed by atoms with Gasteiger partial charge >= 0.3 is 0 Å². The molecule has 0 bridgehead atoms. The molecule has 1 fully saturated rings. The van der Waals surface area contributed by atoms with E-state index in [2.05, 4.69) is 27.7 Å². The normalized spacial score (nSPS) is 17.5. The van der Waals surface area contributed by atoms with Crippen molar-refractivity contribution in [3.05, 3.63) is 38.7 Å². The van der Waals surface area contributed by atoms with Gasteiger partial charge in [0.2, 0.25) is 0 Å². The lowest BCUT2D eigenvalue weighted by Crippen LogP contribution is -2.36. The molecule has 0 atom stereocenters. The fourth-order valence-corrected chi connectivity index (χ4v) is 5.95. The van der Waals surface area contributed by atoms with Crippen molar-refractivity contribution in [2.45, 2.75) is 32.2 Å². The maximum atomic E-state index is 5.47. The van der Waals surface area contributed by atoms with Crippen LogP contribution in [0.4, 0.5) is 5.82 Å². The summed E-state index contributed by atoms with van der Waals surface area (Å²) in [5.74, 6) is 1.97. The minimum absolute atomic E-state index is 0.807. The largest absolute Gasteiger partial charge is 0.379 e. The highest BCUT2D eigenvalue weighted by atomic mass is 32.1.